The molecule has 21 heavy (non-hydrogen) atoms. The Morgan fingerprint density at radius 2 is 1.95 bits per heavy atom. The molecule has 1 heterocycles. The Kier molecular flexibility index (Phi) is 3.92. The zero-order valence-corrected chi connectivity index (χ0v) is 13.5. The Balaban J connectivity index is 2.35. The van der Waals surface area contributed by atoms with Gasteiger partial charge in [0.05, 0.1) is 21.7 Å². The molecule has 3 rings (SSSR count). The number of imidazole rings is 1. The van der Waals surface area contributed by atoms with E-state index in [1.54, 1.807) is 0 Å². The number of para-hydroxylation sites is 1. The topological polar surface area (TPSA) is 17.8 Å². The van der Waals surface area contributed by atoms with Crippen molar-refractivity contribution in [2.45, 2.75) is 20.3 Å². The van der Waals surface area contributed by atoms with Crippen LogP contribution in [0.5, 0.6) is 0 Å². The lowest BCUT2D eigenvalue weighted by Crippen LogP contribution is -2.03. The second-order valence-corrected chi connectivity index (χ2v) is 5.99. The molecule has 108 valence electrons. The Labute approximate surface area is 134 Å². The number of halogens is 2. The summed E-state index contributed by atoms with van der Waals surface area (Å²) in [6.07, 6.45) is 0.708. The Morgan fingerprint density at radius 3 is 2.67 bits per heavy atom. The summed E-state index contributed by atoms with van der Waals surface area (Å²) < 4.78 is 2.13. The highest BCUT2D eigenvalue weighted by Gasteiger charge is 2.15. The van der Waals surface area contributed by atoms with Gasteiger partial charge in [-0.05, 0) is 43.2 Å². The molecule has 4 heteroatoms. The van der Waals surface area contributed by atoms with E-state index >= 15 is 0 Å². The van der Waals surface area contributed by atoms with Crippen molar-refractivity contribution in [1.29, 1.82) is 0 Å². The van der Waals surface area contributed by atoms with E-state index in [9.17, 15) is 0 Å². The van der Waals surface area contributed by atoms with Crippen LogP contribution in [0, 0.1) is 13.8 Å². The summed E-state index contributed by atoms with van der Waals surface area (Å²) >= 11 is 12.4. The molecule has 0 fully saturated rings. The number of aromatic nitrogens is 2. The SMILES string of the molecule is Cc1ccc(-n2c(CCCl)nc3cccc(C)c32)c(Cl)c1. The van der Waals surface area contributed by atoms with Crippen LogP contribution < -0.4 is 0 Å². The highest BCUT2D eigenvalue weighted by atomic mass is 35.5. The van der Waals surface area contributed by atoms with Crippen LogP contribution in [0.25, 0.3) is 16.7 Å². The summed E-state index contributed by atoms with van der Waals surface area (Å²) in [6.45, 7) is 4.12. The van der Waals surface area contributed by atoms with Crippen LogP contribution in [0.2, 0.25) is 5.02 Å². The first-order valence-corrected chi connectivity index (χ1v) is 7.82. The first-order chi connectivity index (χ1) is 10.1. The Bertz CT molecular complexity index is 806. The lowest BCUT2D eigenvalue weighted by atomic mass is 10.2. The minimum atomic E-state index is 0.534. The Morgan fingerprint density at radius 1 is 1.14 bits per heavy atom. The number of fused-ring (bicyclic) bond motifs is 1. The van der Waals surface area contributed by atoms with E-state index in [1.807, 2.05) is 31.2 Å². The highest BCUT2D eigenvalue weighted by molar-refractivity contribution is 6.32. The molecule has 0 N–H and O–H groups in total. The fourth-order valence-corrected chi connectivity index (χ4v) is 3.14. The van der Waals surface area contributed by atoms with Gasteiger partial charge in [0.25, 0.3) is 0 Å². The van der Waals surface area contributed by atoms with E-state index in [4.69, 9.17) is 28.2 Å². The highest BCUT2D eigenvalue weighted by Crippen LogP contribution is 2.29. The van der Waals surface area contributed by atoms with Crippen LogP contribution in [0.3, 0.4) is 0 Å². The minimum absolute atomic E-state index is 0.534. The van der Waals surface area contributed by atoms with E-state index in [1.165, 1.54) is 5.56 Å². The van der Waals surface area contributed by atoms with Gasteiger partial charge in [-0.25, -0.2) is 4.98 Å². The molecule has 0 saturated heterocycles. The number of nitrogens with zero attached hydrogens (tertiary/aromatic N) is 2. The van der Waals surface area contributed by atoms with Crippen molar-refractivity contribution < 1.29 is 0 Å². The molecule has 0 aliphatic rings. The lowest BCUT2D eigenvalue weighted by Gasteiger charge is -2.12. The maximum absolute atomic E-state index is 6.46. The quantitative estimate of drug-likeness (QED) is 0.616. The van der Waals surface area contributed by atoms with Crippen LogP contribution in [0.1, 0.15) is 17.0 Å². The van der Waals surface area contributed by atoms with Gasteiger partial charge < -0.3 is 0 Å². The number of alkyl halides is 1. The molecule has 1 aromatic heterocycles. The number of benzene rings is 2. The van der Waals surface area contributed by atoms with Crippen molar-refractivity contribution >= 4 is 34.2 Å². The molecule has 0 amide bonds. The molecule has 3 aromatic rings. The van der Waals surface area contributed by atoms with Crippen molar-refractivity contribution in [3.8, 4) is 5.69 Å². The third-order valence-corrected chi connectivity index (χ3v) is 4.10. The molecule has 0 bridgehead atoms. The van der Waals surface area contributed by atoms with Gasteiger partial charge in [-0.1, -0.05) is 29.8 Å². The molecule has 0 atom stereocenters. The number of rotatable bonds is 3. The standard InChI is InChI=1S/C17H16Cl2N2/c1-11-6-7-15(13(19)10-11)21-16(8-9-18)20-14-5-3-4-12(2)17(14)21/h3-7,10H,8-9H2,1-2H3. The number of hydrogen-bond donors (Lipinski definition) is 0. The van der Waals surface area contributed by atoms with Crippen LogP contribution >= 0.6 is 23.2 Å². The van der Waals surface area contributed by atoms with E-state index < -0.39 is 0 Å². The Hall–Kier alpha value is -1.51. The molecule has 0 aliphatic heterocycles. The van der Waals surface area contributed by atoms with Crippen LogP contribution in [-0.4, -0.2) is 15.4 Å². The average Bonchev–Trinajstić information content (AvgIpc) is 2.79. The average molecular weight is 319 g/mol. The minimum Gasteiger partial charge on any atom is -0.294 e. The van der Waals surface area contributed by atoms with Crippen molar-refractivity contribution in [3.05, 3.63) is 58.4 Å². The molecular formula is C17H16Cl2N2. The molecule has 0 spiro atoms. The molecule has 0 radical (unpaired) electrons. The van der Waals surface area contributed by atoms with Crippen LogP contribution in [-0.2, 0) is 6.42 Å². The smallest absolute Gasteiger partial charge is 0.115 e. The summed E-state index contributed by atoms with van der Waals surface area (Å²) in [7, 11) is 0. The fraction of sp³-hybridized carbons (Fsp3) is 0.235. The summed E-state index contributed by atoms with van der Waals surface area (Å²) in [5.41, 5.74) is 5.36. The van der Waals surface area contributed by atoms with Gasteiger partial charge in [0.1, 0.15) is 5.82 Å². The molecule has 0 aliphatic carbocycles. The summed E-state index contributed by atoms with van der Waals surface area (Å²) in [6, 6.07) is 12.2. The van der Waals surface area contributed by atoms with Crippen molar-refractivity contribution in [1.82, 2.24) is 9.55 Å². The predicted octanol–water partition coefficient (Wildman–Crippen LogP) is 5.08. The number of aryl methyl sites for hydroxylation is 3. The third-order valence-electron chi connectivity index (χ3n) is 3.61. The zero-order valence-electron chi connectivity index (χ0n) is 12.0. The van der Waals surface area contributed by atoms with Crippen LogP contribution in [0.15, 0.2) is 36.4 Å². The van der Waals surface area contributed by atoms with Gasteiger partial charge in [0.2, 0.25) is 0 Å². The molecule has 2 aromatic carbocycles. The van der Waals surface area contributed by atoms with E-state index in [2.05, 4.69) is 23.6 Å². The van der Waals surface area contributed by atoms with Crippen molar-refractivity contribution in [3.63, 3.8) is 0 Å². The normalized spacial score (nSPS) is 11.2. The molecule has 0 saturated carbocycles. The molecular weight excluding hydrogens is 303 g/mol. The second kappa shape index (κ2) is 5.70. The first-order valence-electron chi connectivity index (χ1n) is 6.91. The van der Waals surface area contributed by atoms with E-state index in [-0.39, 0.29) is 0 Å². The van der Waals surface area contributed by atoms with Gasteiger partial charge in [-0.3, -0.25) is 4.57 Å². The second-order valence-electron chi connectivity index (χ2n) is 5.20. The molecule has 2 nitrogen and oxygen atoms in total. The first kappa shape index (κ1) is 14.4. The van der Waals surface area contributed by atoms with Crippen LogP contribution in [0.4, 0.5) is 0 Å². The maximum Gasteiger partial charge on any atom is 0.115 e. The summed E-state index contributed by atoms with van der Waals surface area (Å²) in [5.74, 6) is 1.48. The van der Waals surface area contributed by atoms with Gasteiger partial charge in [0.15, 0.2) is 0 Å². The fourth-order valence-electron chi connectivity index (χ4n) is 2.65. The van der Waals surface area contributed by atoms with E-state index in [0.717, 1.165) is 33.1 Å². The summed E-state index contributed by atoms with van der Waals surface area (Å²) in [5, 5.41) is 0.730. The van der Waals surface area contributed by atoms with E-state index in [0.29, 0.717) is 12.3 Å². The molecule has 0 unspecified atom stereocenters. The third kappa shape index (κ3) is 2.54. The van der Waals surface area contributed by atoms with Gasteiger partial charge in [0, 0.05) is 12.3 Å². The lowest BCUT2D eigenvalue weighted by molar-refractivity contribution is 0.910. The maximum atomic E-state index is 6.46. The van der Waals surface area contributed by atoms with Crippen molar-refractivity contribution in [2.24, 2.45) is 0 Å². The summed E-state index contributed by atoms with van der Waals surface area (Å²) in [4.78, 5) is 4.72. The number of hydrogen-bond acceptors (Lipinski definition) is 1. The predicted molar refractivity (Wildman–Crippen MR) is 90.0 cm³/mol. The van der Waals surface area contributed by atoms with Gasteiger partial charge >= 0.3 is 0 Å². The zero-order chi connectivity index (χ0) is 15.0. The van der Waals surface area contributed by atoms with Gasteiger partial charge in [-0.2, -0.15) is 0 Å². The van der Waals surface area contributed by atoms with Gasteiger partial charge in [-0.15, -0.1) is 11.6 Å². The monoisotopic (exact) mass is 318 g/mol. The largest absolute Gasteiger partial charge is 0.294 e. The van der Waals surface area contributed by atoms with Crippen molar-refractivity contribution in [2.75, 3.05) is 5.88 Å².